The molecule has 204 valence electrons. The average molecular weight is 511 g/mol. The monoisotopic (exact) mass is 510 g/mol. The van der Waals surface area contributed by atoms with Crippen LogP contribution >= 0.6 is 0 Å². The topological polar surface area (TPSA) is 276 Å². The first-order valence-electron chi connectivity index (χ1n) is 11.0. The van der Waals surface area contributed by atoms with E-state index >= 15 is 0 Å². The lowest BCUT2D eigenvalue weighted by molar-refractivity contribution is -0.148. The van der Waals surface area contributed by atoms with Gasteiger partial charge >= 0.3 is 35.8 Å². The zero-order valence-electron chi connectivity index (χ0n) is 19.8. The van der Waals surface area contributed by atoms with E-state index in [1.807, 2.05) is 0 Å². The third-order valence-electron chi connectivity index (χ3n) is 4.57. The fourth-order valence-electron chi connectivity index (χ4n) is 2.56. The first-order chi connectivity index (χ1) is 16.2. The molecule has 0 saturated heterocycles. The van der Waals surface area contributed by atoms with Gasteiger partial charge < -0.3 is 42.1 Å². The van der Waals surface area contributed by atoms with E-state index in [2.05, 4.69) is 0 Å². The van der Waals surface area contributed by atoms with Crippen molar-refractivity contribution in [1.82, 2.24) is 0 Å². The van der Waals surface area contributed by atoms with Crippen LogP contribution in [0.5, 0.6) is 0 Å². The molecule has 0 spiro atoms. The smallest absolute Gasteiger partial charge is 0.307 e. The summed E-state index contributed by atoms with van der Waals surface area (Å²) in [5, 5.41) is 50.5. The Hall–Kier alpha value is -3.26. The maximum Gasteiger partial charge on any atom is 0.307 e. The molecule has 0 radical (unpaired) electrons. The molecule has 14 nitrogen and oxygen atoms in total. The number of unbranched alkanes of at least 4 members (excludes halogenated alkanes) is 1. The number of hydrogen-bond acceptors (Lipinski definition) is 8. The Morgan fingerprint density at radius 1 is 0.543 bits per heavy atom. The van der Waals surface area contributed by atoms with E-state index in [0.717, 1.165) is 6.42 Å². The summed E-state index contributed by atoms with van der Waals surface area (Å²) in [5.41, 5.74) is 10.4. The molecule has 35 heavy (non-hydrogen) atoms. The summed E-state index contributed by atoms with van der Waals surface area (Å²) in [6.07, 6.45) is 2.12. The molecule has 0 aliphatic carbocycles. The first kappa shape index (κ1) is 36.3. The quantitative estimate of drug-likeness (QED) is 0.125. The summed E-state index contributed by atoms with van der Waals surface area (Å²) >= 11 is 0. The van der Waals surface area contributed by atoms with Crippen molar-refractivity contribution in [1.29, 1.82) is 0 Å². The number of hydrogen-bond donors (Lipinski definition) is 8. The maximum absolute atomic E-state index is 10.5. The van der Waals surface area contributed by atoms with E-state index in [0.29, 0.717) is 45.2 Å². The molecule has 14 heteroatoms. The number of carboxylic acids is 6. The molecule has 0 aromatic rings. The van der Waals surface area contributed by atoms with Crippen molar-refractivity contribution in [3.05, 3.63) is 0 Å². The van der Waals surface area contributed by atoms with Crippen molar-refractivity contribution in [2.24, 2.45) is 29.2 Å². The minimum absolute atomic E-state index is 0.286. The van der Waals surface area contributed by atoms with Crippen LogP contribution in [-0.4, -0.2) is 79.5 Å². The largest absolute Gasteiger partial charge is 0.481 e. The zero-order valence-corrected chi connectivity index (χ0v) is 19.8. The third kappa shape index (κ3) is 25.2. The molecular weight excluding hydrogens is 472 g/mol. The Kier molecular flexibility index (Phi) is 23.4. The van der Waals surface area contributed by atoms with Gasteiger partial charge in [-0.25, -0.2) is 0 Å². The minimum atomic E-state index is -1.08. The van der Waals surface area contributed by atoms with Crippen molar-refractivity contribution < 1.29 is 59.4 Å². The summed E-state index contributed by atoms with van der Waals surface area (Å²) in [4.78, 5) is 61.6. The highest BCUT2D eigenvalue weighted by Crippen LogP contribution is 2.13. The molecule has 3 unspecified atom stereocenters. The van der Waals surface area contributed by atoms with Gasteiger partial charge in [0.25, 0.3) is 0 Å². The maximum atomic E-state index is 10.5. The number of rotatable bonds is 17. The Labute approximate surface area is 202 Å². The SMILES string of the molecule is CCC(CC(=O)O)C(=O)O.NCCCC(CC(=O)O)C(=O)O.NCCCCC(CC(=O)O)C(=O)O. The lowest BCUT2D eigenvalue weighted by atomic mass is 9.99. The van der Waals surface area contributed by atoms with Gasteiger partial charge in [-0.05, 0) is 45.2 Å². The number of carboxylic acid groups (broad SMARTS) is 6. The van der Waals surface area contributed by atoms with Crippen LogP contribution in [-0.2, 0) is 28.8 Å². The number of nitrogens with two attached hydrogens (primary N) is 2. The lowest BCUT2D eigenvalue weighted by Crippen LogP contribution is -2.18. The van der Waals surface area contributed by atoms with Gasteiger partial charge in [0.1, 0.15) is 0 Å². The third-order valence-corrected chi connectivity index (χ3v) is 4.57. The van der Waals surface area contributed by atoms with E-state index in [1.165, 1.54) is 0 Å². The van der Waals surface area contributed by atoms with Gasteiger partial charge in [0.15, 0.2) is 0 Å². The molecule has 0 bridgehead atoms. The summed E-state index contributed by atoms with van der Waals surface area (Å²) in [7, 11) is 0. The van der Waals surface area contributed by atoms with Crippen LogP contribution in [0.4, 0.5) is 0 Å². The average Bonchev–Trinajstić information content (AvgIpc) is 2.74. The summed E-state index contributed by atoms with van der Waals surface area (Å²) < 4.78 is 0. The van der Waals surface area contributed by atoms with E-state index in [-0.39, 0.29) is 19.3 Å². The number of aliphatic carboxylic acids is 6. The predicted molar refractivity (Wildman–Crippen MR) is 122 cm³/mol. The van der Waals surface area contributed by atoms with Gasteiger partial charge in [0.05, 0.1) is 37.0 Å². The fourth-order valence-corrected chi connectivity index (χ4v) is 2.56. The second-order valence-electron chi connectivity index (χ2n) is 7.52. The highest BCUT2D eigenvalue weighted by Gasteiger charge is 2.21. The molecule has 0 amide bonds. The molecule has 0 heterocycles. The molecule has 0 fully saturated rings. The van der Waals surface area contributed by atoms with Crippen LogP contribution in [0.2, 0.25) is 0 Å². The Morgan fingerprint density at radius 2 is 0.857 bits per heavy atom. The van der Waals surface area contributed by atoms with Crippen molar-refractivity contribution >= 4 is 35.8 Å². The van der Waals surface area contributed by atoms with Crippen LogP contribution in [0.1, 0.15) is 64.7 Å². The Bertz CT molecular complexity index is 669. The second kappa shape index (κ2) is 22.5. The summed E-state index contributed by atoms with van der Waals surface area (Å²) in [6, 6.07) is 0. The zero-order chi connectivity index (χ0) is 28.0. The van der Waals surface area contributed by atoms with E-state index in [1.54, 1.807) is 6.92 Å². The van der Waals surface area contributed by atoms with Gasteiger partial charge in [-0.3, -0.25) is 28.8 Å². The molecule has 0 rings (SSSR count). The van der Waals surface area contributed by atoms with Crippen molar-refractivity contribution in [3.63, 3.8) is 0 Å². The Balaban J connectivity index is -0.000000443. The van der Waals surface area contributed by atoms with E-state index < -0.39 is 53.6 Å². The van der Waals surface area contributed by atoms with Gasteiger partial charge in [-0.15, -0.1) is 0 Å². The molecule has 10 N–H and O–H groups in total. The van der Waals surface area contributed by atoms with E-state index in [4.69, 9.17) is 42.1 Å². The summed E-state index contributed by atoms with van der Waals surface area (Å²) in [6.45, 7) is 2.56. The van der Waals surface area contributed by atoms with Gasteiger partial charge in [-0.1, -0.05) is 13.3 Å². The van der Waals surface area contributed by atoms with Crippen LogP contribution in [0.15, 0.2) is 0 Å². The van der Waals surface area contributed by atoms with Crippen LogP contribution in [0.3, 0.4) is 0 Å². The van der Waals surface area contributed by atoms with E-state index in [9.17, 15) is 28.8 Å². The van der Waals surface area contributed by atoms with Crippen LogP contribution in [0.25, 0.3) is 0 Å². The first-order valence-corrected chi connectivity index (χ1v) is 11.0. The molecule has 3 atom stereocenters. The second-order valence-corrected chi connectivity index (χ2v) is 7.52. The highest BCUT2D eigenvalue weighted by molar-refractivity contribution is 5.78. The molecule has 0 aliphatic rings. The van der Waals surface area contributed by atoms with Gasteiger partial charge in [0, 0.05) is 0 Å². The molecular formula is C21H38N2O12. The van der Waals surface area contributed by atoms with Crippen LogP contribution in [0, 0.1) is 17.8 Å². The molecule has 0 aromatic heterocycles. The minimum Gasteiger partial charge on any atom is -0.481 e. The van der Waals surface area contributed by atoms with Gasteiger partial charge in [0.2, 0.25) is 0 Å². The molecule has 0 aliphatic heterocycles. The molecule has 0 saturated carbocycles. The molecule has 0 aromatic carbocycles. The van der Waals surface area contributed by atoms with Crippen molar-refractivity contribution in [2.75, 3.05) is 13.1 Å². The number of carbonyl (C=O) groups is 6. The van der Waals surface area contributed by atoms with Crippen molar-refractivity contribution in [2.45, 2.75) is 64.7 Å². The fraction of sp³-hybridized carbons (Fsp3) is 0.714. The predicted octanol–water partition coefficient (Wildman–Crippen LogP) is 0.764. The van der Waals surface area contributed by atoms with Gasteiger partial charge in [-0.2, -0.15) is 0 Å². The van der Waals surface area contributed by atoms with Crippen molar-refractivity contribution in [3.8, 4) is 0 Å². The summed E-state index contributed by atoms with van der Waals surface area (Å²) in [5.74, 6) is -8.67. The normalized spacial score (nSPS) is 12.4. The van der Waals surface area contributed by atoms with Crippen LogP contribution < -0.4 is 11.5 Å². The highest BCUT2D eigenvalue weighted by atomic mass is 16.4. The lowest BCUT2D eigenvalue weighted by Gasteiger charge is -2.08. The standard InChI is InChI=1S/C8H15NO4.C7H13NO4.C6H10O4/c9-4-2-1-3-6(8(12)13)5-7(10)11;8-3-1-2-5(7(11)12)4-6(9)10;1-2-4(6(9)10)3-5(7)8/h6H,1-5,9H2,(H,10,11)(H,12,13);5H,1-4,8H2,(H,9,10)(H,11,12);4H,2-3H2,1H3,(H,7,8)(H,9,10). The Morgan fingerprint density at radius 3 is 1.09 bits per heavy atom.